The molecule has 1 aliphatic rings. The van der Waals surface area contributed by atoms with Gasteiger partial charge in [-0.15, -0.1) is 0 Å². The van der Waals surface area contributed by atoms with Crippen LogP contribution in [0.2, 0.25) is 0 Å². The van der Waals surface area contributed by atoms with E-state index in [1.54, 1.807) is 18.2 Å². The molecule has 10 heteroatoms. The first-order chi connectivity index (χ1) is 12.4. The molecule has 26 heavy (non-hydrogen) atoms. The molecule has 0 bridgehead atoms. The number of ether oxygens (including phenoxy) is 3. The van der Waals surface area contributed by atoms with Crippen LogP contribution in [-0.2, 0) is 9.59 Å². The number of carboxylic acids is 1. The van der Waals surface area contributed by atoms with Crippen molar-refractivity contribution in [3.63, 3.8) is 0 Å². The number of rotatable bonds is 7. The van der Waals surface area contributed by atoms with Gasteiger partial charge in [0.25, 0.3) is 5.91 Å². The van der Waals surface area contributed by atoms with Gasteiger partial charge in [0.2, 0.25) is 5.75 Å². The molecule has 1 fully saturated rings. The van der Waals surface area contributed by atoms with Gasteiger partial charge in [0.15, 0.2) is 17.5 Å². The third-order valence-electron chi connectivity index (χ3n) is 3.58. The summed E-state index contributed by atoms with van der Waals surface area (Å²) in [6.07, 6.45) is 1.54. The number of amides is 1. The monoisotopic (exact) mass is 399 g/mol. The van der Waals surface area contributed by atoms with Gasteiger partial charge in [-0.3, -0.25) is 9.69 Å². The fraction of sp³-hybridized carbons (Fsp3) is 0.312. The van der Waals surface area contributed by atoms with Crippen molar-refractivity contribution < 1.29 is 34.0 Å². The molecule has 1 aliphatic heterocycles. The Morgan fingerprint density at radius 3 is 2.27 bits per heavy atom. The number of methoxy groups -OCH3 is 3. The molecule has 0 spiro atoms. The summed E-state index contributed by atoms with van der Waals surface area (Å²) in [6, 6.07) is 1.87. The minimum absolute atomic E-state index is 0.0649. The number of carbonyl (C=O) groups is 2. The maximum Gasteiger partial charge on any atom is 0.329 e. The first kappa shape index (κ1) is 20.0. The van der Waals surface area contributed by atoms with Gasteiger partial charge in [-0.2, -0.15) is 0 Å². The molecule has 1 amide bonds. The van der Waals surface area contributed by atoms with Crippen LogP contribution >= 0.6 is 24.0 Å². The normalized spacial score (nSPS) is 16.8. The molecule has 1 unspecified atom stereocenters. The van der Waals surface area contributed by atoms with Gasteiger partial charge >= 0.3 is 5.97 Å². The fourth-order valence-electron chi connectivity index (χ4n) is 2.35. The van der Waals surface area contributed by atoms with Crippen LogP contribution in [0.5, 0.6) is 17.2 Å². The smallest absolute Gasteiger partial charge is 0.329 e. The molecule has 1 atom stereocenters. The number of thioether (sulfide) groups is 1. The summed E-state index contributed by atoms with van der Waals surface area (Å²) in [5.74, 6) is -0.696. The van der Waals surface area contributed by atoms with Crippen molar-refractivity contribution in [2.24, 2.45) is 0 Å². The summed E-state index contributed by atoms with van der Waals surface area (Å²) in [7, 11) is 4.42. The first-order valence-electron chi connectivity index (χ1n) is 7.28. The zero-order valence-corrected chi connectivity index (χ0v) is 15.8. The van der Waals surface area contributed by atoms with Crippen molar-refractivity contribution in [1.29, 1.82) is 0 Å². The SMILES string of the molecule is COc1cc(/C=C2\SC(=S)N(C(CO)C(=O)O)C2=O)cc(OC)c1OC. The Balaban J connectivity index is 2.43. The second-order valence-electron chi connectivity index (χ2n) is 5.05. The molecule has 2 rings (SSSR count). The maximum absolute atomic E-state index is 12.5. The Morgan fingerprint density at radius 1 is 1.27 bits per heavy atom. The average molecular weight is 399 g/mol. The van der Waals surface area contributed by atoms with Gasteiger partial charge in [0.1, 0.15) is 4.32 Å². The van der Waals surface area contributed by atoms with Crippen molar-refractivity contribution in [1.82, 2.24) is 4.90 Å². The molecule has 8 nitrogen and oxygen atoms in total. The van der Waals surface area contributed by atoms with E-state index >= 15 is 0 Å². The standard InChI is InChI=1S/C16H17NO7S2/c1-22-10-4-8(5-11(23-2)13(10)24-3)6-12-14(19)17(16(25)26-12)9(7-18)15(20)21/h4-6,9,18H,7H2,1-3H3,(H,20,21)/b12-6-. The van der Waals surface area contributed by atoms with Crippen molar-refractivity contribution in [3.8, 4) is 17.2 Å². The van der Waals surface area contributed by atoms with Gasteiger partial charge < -0.3 is 24.4 Å². The molecule has 0 saturated carbocycles. The van der Waals surface area contributed by atoms with Gasteiger partial charge in [-0.25, -0.2) is 4.79 Å². The minimum Gasteiger partial charge on any atom is -0.493 e. The van der Waals surface area contributed by atoms with Crippen LogP contribution in [0.25, 0.3) is 6.08 Å². The van der Waals surface area contributed by atoms with Gasteiger partial charge in [0.05, 0.1) is 32.8 Å². The summed E-state index contributed by atoms with van der Waals surface area (Å²) in [5, 5.41) is 18.4. The summed E-state index contributed by atoms with van der Waals surface area (Å²) in [6.45, 7) is -0.737. The number of benzene rings is 1. The summed E-state index contributed by atoms with van der Waals surface area (Å²) in [4.78, 5) is 24.9. The van der Waals surface area contributed by atoms with E-state index in [-0.39, 0.29) is 9.23 Å². The lowest BCUT2D eigenvalue weighted by molar-refractivity contribution is -0.146. The number of aliphatic carboxylic acids is 1. The number of hydrogen-bond acceptors (Lipinski definition) is 8. The molecule has 140 valence electrons. The molecule has 2 N–H and O–H groups in total. The molecular weight excluding hydrogens is 382 g/mol. The molecule has 1 heterocycles. The summed E-state index contributed by atoms with van der Waals surface area (Å²) < 4.78 is 15.8. The zero-order valence-electron chi connectivity index (χ0n) is 14.2. The molecule has 1 aromatic rings. The van der Waals surface area contributed by atoms with E-state index in [0.29, 0.717) is 22.8 Å². The van der Waals surface area contributed by atoms with E-state index < -0.39 is 24.5 Å². The lowest BCUT2D eigenvalue weighted by atomic mass is 10.1. The Hall–Kier alpha value is -2.30. The number of thiocarbonyl (C=S) groups is 1. The predicted molar refractivity (Wildman–Crippen MR) is 99.6 cm³/mol. The van der Waals surface area contributed by atoms with E-state index in [1.165, 1.54) is 21.3 Å². The molecule has 0 aliphatic carbocycles. The highest BCUT2D eigenvalue weighted by atomic mass is 32.2. The van der Waals surface area contributed by atoms with E-state index in [0.717, 1.165) is 16.7 Å². The largest absolute Gasteiger partial charge is 0.493 e. The Morgan fingerprint density at radius 2 is 1.85 bits per heavy atom. The van der Waals surface area contributed by atoms with Crippen LogP contribution in [-0.4, -0.2) is 65.3 Å². The number of aliphatic hydroxyl groups excluding tert-OH is 1. The summed E-state index contributed by atoms with van der Waals surface area (Å²) in [5.41, 5.74) is 0.580. The highest BCUT2D eigenvalue weighted by Gasteiger charge is 2.40. The van der Waals surface area contributed by atoms with Crippen molar-refractivity contribution in [2.45, 2.75) is 6.04 Å². The molecule has 1 aromatic carbocycles. The second-order valence-corrected chi connectivity index (χ2v) is 6.72. The Kier molecular flexibility index (Phi) is 6.46. The topological polar surface area (TPSA) is 106 Å². The van der Waals surface area contributed by atoms with E-state index in [1.807, 2.05) is 0 Å². The van der Waals surface area contributed by atoms with Crippen molar-refractivity contribution in [2.75, 3.05) is 27.9 Å². The predicted octanol–water partition coefficient (Wildman–Crippen LogP) is 1.36. The Bertz CT molecular complexity index is 753. The van der Waals surface area contributed by atoms with Crippen LogP contribution < -0.4 is 14.2 Å². The minimum atomic E-state index is -1.42. The second kappa shape index (κ2) is 8.39. The highest BCUT2D eigenvalue weighted by Crippen LogP contribution is 2.40. The number of hydrogen-bond donors (Lipinski definition) is 2. The number of carbonyl (C=O) groups excluding carboxylic acids is 1. The van der Waals surface area contributed by atoms with Crippen LogP contribution in [0.3, 0.4) is 0 Å². The van der Waals surface area contributed by atoms with Gasteiger partial charge in [-0.1, -0.05) is 24.0 Å². The summed E-state index contributed by atoms with van der Waals surface area (Å²) >= 11 is 6.05. The zero-order chi connectivity index (χ0) is 19.4. The molecule has 1 saturated heterocycles. The van der Waals surface area contributed by atoms with Crippen LogP contribution in [0.15, 0.2) is 17.0 Å². The van der Waals surface area contributed by atoms with Crippen LogP contribution in [0.4, 0.5) is 0 Å². The molecule has 0 aromatic heterocycles. The van der Waals surface area contributed by atoms with E-state index in [4.69, 9.17) is 31.5 Å². The first-order valence-corrected chi connectivity index (χ1v) is 8.51. The number of nitrogens with zero attached hydrogens (tertiary/aromatic N) is 1. The highest BCUT2D eigenvalue weighted by molar-refractivity contribution is 8.26. The van der Waals surface area contributed by atoms with Gasteiger partial charge in [0, 0.05) is 0 Å². The van der Waals surface area contributed by atoms with Crippen LogP contribution in [0.1, 0.15) is 5.56 Å². The number of carboxylic acid groups (broad SMARTS) is 1. The average Bonchev–Trinajstić information content (AvgIpc) is 2.88. The van der Waals surface area contributed by atoms with E-state index in [2.05, 4.69) is 0 Å². The molecule has 0 radical (unpaired) electrons. The lowest BCUT2D eigenvalue weighted by Gasteiger charge is -2.20. The third-order valence-corrected chi connectivity index (χ3v) is 4.91. The van der Waals surface area contributed by atoms with Crippen molar-refractivity contribution in [3.05, 3.63) is 22.6 Å². The maximum atomic E-state index is 12.5. The van der Waals surface area contributed by atoms with E-state index in [9.17, 15) is 14.7 Å². The molecular formula is C16H17NO7S2. The quantitative estimate of drug-likeness (QED) is 0.519. The van der Waals surface area contributed by atoms with Crippen molar-refractivity contribution >= 4 is 46.3 Å². The van der Waals surface area contributed by atoms with Gasteiger partial charge in [-0.05, 0) is 23.8 Å². The Labute approximate surface area is 159 Å². The lowest BCUT2D eigenvalue weighted by Crippen LogP contribution is -2.46. The third kappa shape index (κ3) is 3.76. The fourth-order valence-corrected chi connectivity index (χ4v) is 3.71. The number of aliphatic hydroxyl groups is 1. The van der Waals surface area contributed by atoms with Crippen LogP contribution in [0, 0.1) is 0 Å².